The van der Waals surface area contributed by atoms with Gasteiger partial charge in [0.1, 0.15) is 10.0 Å². The molecule has 0 aliphatic carbocycles. The number of hydrogen-bond donors (Lipinski definition) is 0. The van der Waals surface area contributed by atoms with E-state index in [4.69, 9.17) is 0 Å². The van der Waals surface area contributed by atoms with Crippen LogP contribution in [0.5, 0.6) is 0 Å². The Labute approximate surface area is 146 Å². The Morgan fingerprint density at radius 3 is 1.67 bits per heavy atom. The van der Waals surface area contributed by atoms with Gasteiger partial charge in [0.15, 0.2) is 5.78 Å². The van der Waals surface area contributed by atoms with E-state index >= 15 is 0 Å². The highest BCUT2D eigenvalue weighted by Gasteiger charge is 2.01. The van der Waals surface area contributed by atoms with Gasteiger partial charge in [0.25, 0.3) is 0 Å². The lowest BCUT2D eigenvalue weighted by Gasteiger charge is -1.83. The minimum absolute atomic E-state index is 0.0755. The number of hydrogen-bond acceptors (Lipinski definition) is 5. The van der Waals surface area contributed by atoms with Gasteiger partial charge < -0.3 is 0 Å². The van der Waals surface area contributed by atoms with Crippen LogP contribution in [0.25, 0.3) is 32.6 Å². The van der Waals surface area contributed by atoms with Crippen LogP contribution in [0.3, 0.4) is 0 Å². The van der Waals surface area contributed by atoms with Crippen LogP contribution in [0.4, 0.5) is 0 Å². The quantitative estimate of drug-likeness (QED) is 0.476. The third kappa shape index (κ3) is 3.18. The smallest absolute Gasteiger partial charge is 0.178 e. The highest BCUT2D eigenvalue weighted by Crippen LogP contribution is 2.23. The molecule has 24 heavy (non-hydrogen) atoms. The van der Waals surface area contributed by atoms with Crippen molar-refractivity contribution in [2.24, 2.45) is 0 Å². The van der Waals surface area contributed by atoms with Crippen molar-refractivity contribution in [1.82, 2.24) is 9.97 Å². The minimum atomic E-state index is -0.0755. The van der Waals surface area contributed by atoms with E-state index in [1.807, 2.05) is 48.5 Å². The van der Waals surface area contributed by atoms with Crippen LogP contribution in [0, 0.1) is 0 Å². The average Bonchev–Trinajstić information content (AvgIpc) is 3.21. The molecule has 116 valence electrons. The van der Waals surface area contributed by atoms with E-state index in [1.165, 1.54) is 0 Å². The maximum Gasteiger partial charge on any atom is 0.178 e. The number of thiazole rings is 2. The van der Waals surface area contributed by atoms with Gasteiger partial charge in [-0.3, -0.25) is 4.79 Å². The second-order valence-electron chi connectivity index (χ2n) is 5.11. The van der Waals surface area contributed by atoms with E-state index in [0.29, 0.717) is 0 Å². The summed E-state index contributed by atoms with van der Waals surface area (Å²) in [6, 6.07) is 15.9. The van der Waals surface area contributed by atoms with Crippen LogP contribution in [0.15, 0.2) is 60.7 Å². The second kappa shape index (κ2) is 6.47. The first-order chi connectivity index (χ1) is 11.8. The fourth-order valence-corrected chi connectivity index (χ4v) is 4.03. The molecular weight excluding hydrogens is 336 g/mol. The van der Waals surface area contributed by atoms with E-state index < -0.39 is 0 Å². The largest absolute Gasteiger partial charge is 0.290 e. The van der Waals surface area contributed by atoms with Crippen LogP contribution in [0.2, 0.25) is 0 Å². The molecule has 2 aromatic heterocycles. The van der Waals surface area contributed by atoms with Gasteiger partial charge in [0.05, 0.1) is 20.4 Å². The van der Waals surface area contributed by atoms with Crippen LogP contribution in [-0.4, -0.2) is 15.8 Å². The zero-order chi connectivity index (χ0) is 16.4. The molecular formula is C19H12N2OS2. The summed E-state index contributed by atoms with van der Waals surface area (Å²) in [4.78, 5) is 21.0. The lowest BCUT2D eigenvalue weighted by molar-refractivity contribution is -0.110. The fraction of sp³-hybridized carbons (Fsp3) is 0. The maximum atomic E-state index is 12.0. The maximum absolute atomic E-state index is 12.0. The molecule has 4 rings (SSSR count). The third-order valence-electron chi connectivity index (χ3n) is 3.40. The molecule has 0 aliphatic heterocycles. The normalized spacial score (nSPS) is 12.0. The summed E-state index contributed by atoms with van der Waals surface area (Å²) in [6.45, 7) is 0. The van der Waals surface area contributed by atoms with Crippen molar-refractivity contribution in [2.75, 3.05) is 0 Å². The molecule has 4 aromatic rings. The molecule has 5 heteroatoms. The Morgan fingerprint density at radius 2 is 1.21 bits per heavy atom. The zero-order valence-corrected chi connectivity index (χ0v) is 14.2. The molecule has 0 saturated carbocycles. The van der Waals surface area contributed by atoms with Crippen molar-refractivity contribution >= 4 is 61.0 Å². The third-order valence-corrected chi connectivity index (χ3v) is 5.40. The summed E-state index contributed by atoms with van der Waals surface area (Å²) in [6.07, 6.45) is 6.61. The van der Waals surface area contributed by atoms with Crippen molar-refractivity contribution in [1.29, 1.82) is 0 Å². The molecule has 2 heterocycles. The van der Waals surface area contributed by atoms with E-state index in [0.717, 1.165) is 30.4 Å². The lowest BCUT2D eigenvalue weighted by Crippen LogP contribution is -1.84. The molecule has 0 atom stereocenters. The summed E-state index contributed by atoms with van der Waals surface area (Å²) >= 11 is 3.14. The van der Waals surface area contributed by atoms with E-state index in [2.05, 4.69) is 9.97 Å². The number of carbonyl (C=O) groups is 1. The van der Waals surface area contributed by atoms with E-state index in [-0.39, 0.29) is 5.78 Å². The second-order valence-corrected chi connectivity index (χ2v) is 7.23. The van der Waals surface area contributed by atoms with Gasteiger partial charge in [-0.15, -0.1) is 22.7 Å². The molecule has 0 unspecified atom stereocenters. The fourth-order valence-electron chi connectivity index (χ4n) is 2.29. The van der Waals surface area contributed by atoms with Crippen LogP contribution >= 0.6 is 22.7 Å². The minimum Gasteiger partial charge on any atom is -0.290 e. The van der Waals surface area contributed by atoms with Gasteiger partial charge in [0.2, 0.25) is 0 Å². The molecule has 0 fully saturated rings. The SMILES string of the molecule is O=C(/C=C/c1nc2ccccc2s1)/C=C/c1nc2ccccc2s1. The molecule has 0 radical (unpaired) electrons. The zero-order valence-electron chi connectivity index (χ0n) is 12.5. The Hall–Kier alpha value is -2.63. The summed E-state index contributed by atoms with van der Waals surface area (Å²) in [5.74, 6) is -0.0755. The van der Waals surface area contributed by atoms with Crippen molar-refractivity contribution in [3.63, 3.8) is 0 Å². The Bertz CT molecular complexity index is 937. The van der Waals surface area contributed by atoms with Crippen molar-refractivity contribution < 1.29 is 4.79 Å². The molecule has 0 spiro atoms. The predicted molar refractivity (Wildman–Crippen MR) is 102 cm³/mol. The van der Waals surface area contributed by atoms with Gasteiger partial charge in [-0.1, -0.05) is 24.3 Å². The van der Waals surface area contributed by atoms with Gasteiger partial charge in [-0.05, 0) is 48.6 Å². The highest BCUT2D eigenvalue weighted by atomic mass is 32.1. The Morgan fingerprint density at radius 1 is 0.750 bits per heavy atom. The number of aromatic nitrogens is 2. The molecule has 0 N–H and O–H groups in total. The van der Waals surface area contributed by atoms with Crippen molar-refractivity contribution in [3.8, 4) is 0 Å². The van der Waals surface area contributed by atoms with Crippen LogP contribution < -0.4 is 0 Å². The van der Waals surface area contributed by atoms with Gasteiger partial charge in [0, 0.05) is 0 Å². The van der Waals surface area contributed by atoms with Crippen LogP contribution in [0.1, 0.15) is 10.0 Å². The van der Waals surface area contributed by atoms with E-state index in [9.17, 15) is 4.79 Å². The van der Waals surface area contributed by atoms with Gasteiger partial charge in [-0.2, -0.15) is 0 Å². The van der Waals surface area contributed by atoms with Gasteiger partial charge in [-0.25, -0.2) is 9.97 Å². The highest BCUT2D eigenvalue weighted by molar-refractivity contribution is 7.19. The summed E-state index contributed by atoms with van der Waals surface area (Å²) in [5, 5.41) is 1.66. The first-order valence-corrected chi connectivity index (χ1v) is 9.02. The average molecular weight is 348 g/mol. The van der Waals surface area contributed by atoms with Crippen LogP contribution in [-0.2, 0) is 4.79 Å². The summed E-state index contributed by atoms with van der Waals surface area (Å²) in [7, 11) is 0. The molecule has 0 amide bonds. The number of allylic oxidation sites excluding steroid dienone is 2. The van der Waals surface area contributed by atoms with E-state index in [1.54, 1.807) is 47.0 Å². The number of ketones is 1. The summed E-state index contributed by atoms with van der Waals surface area (Å²) < 4.78 is 2.24. The number of fused-ring (bicyclic) bond motifs is 2. The molecule has 3 nitrogen and oxygen atoms in total. The van der Waals surface area contributed by atoms with Crippen molar-refractivity contribution in [2.45, 2.75) is 0 Å². The topological polar surface area (TPSA) is 42.9 Å². The lowest BCUT2D eigenvalue weighted by atomic mass is 10.3. The first-order valence-electron chi connectivity index (χ1n) is 7.39. The standard InChI is InChI=1S/C19H12N2OS2/c22-13(9-11-18-20-14-5-1-3-7-16(14)23-18)10-12-19-21-15-6-2-4-8-17(15)24-19/h1-12H/b11-9+,12-10+. The molecule has 0 bridgehead atoms. The first kappa shape index (κ1) is 14.9. The monoisotopic (exact) mass is 348 g/mol. The number of rotatable bonds is 4. The predicted octanol–water partition coefficient (Wildman–Crippen LogP) is 5.20. The number of nitrogens with zero attached hydrogens (tertiary/aromatic N) is 2. The number of para-hydroxylation sites is 2. The summed E-state index contributed by atoms with van der Waals surface area (Å²) in [5.41, 5.74) is 1.92. The number of carbonyl (C=O) groups excluding carboxylic acids is 1. The van der Waals surface area contributed by atoms with Gasteiger partial charge >= 0.3 is 0 Å². The van der Waals surface area contributed by atoms with Crippen molar-refractivity contribution in [3.05, 3.63) is 70.7 Å². The Balaban J connectivity index is 1.49. The molecule has 0 aliphatic rings. The molecule has 2 aromatic carbocycles. The number of benzene rings is 2. The Kier molecular flexibility index (Phi) is 4.02. The molecule has 0 saturated heterocycles.